The predicted octanol–water partition coefficient (Wildman–Crippen LogP) is 8.74. The molecule has 0 fully saturated rings. The van der Waals surface area contributed by atoms with E-state index < -0.39 is 0 Å². The zero-order valence-electron chi connectivity index (χ0n) is 22.7. The molecule has 1 aliphatic rings. The molecule has 0 saturated carbocycles. The molecule has 0 amide bonds. The highest BCUT2D eigenvalue weighted by Gasteiger charge is 2.36. The van der Waals surface area contributed by atoms with E-state index in [1.165, 1.54) is 101 Å². The lowest BCUT2D eigenvalue weighted by molar-refractivity contribution is -0.797. The molecule has 1 aliphatic heterocycles. The smallest absolute Gasteiger partial charge is 0.203 e. The summed E-state index contributed by atoms with van der Waals surface area (Å²) in [7, 11) is 0. The number of hydrogen-bond acceptors (Lipinski definition) is 2. The minimum Gasteiger partial charge on any atom is -0.396 e. The van der Waals surface area contributed by atoms with Crippen molar-refractivity contribution in [1.82, 2.24) is 0 Å². The maximum absolute atomic E-state index is 9.25. The minimum atomic E-state index is 0.212. The standard InChI is InChI=1S/C32H53N2O/c1-2-3-4-5-6-7-8-9-10-11-12-13-14-15-16-20-25-32-33-26-28-34(32,27-21-22-29-35)30-31-23-18-17-19-24-31/h9-10,17-19,21,23-24,27,35H,2-8,11-16,20,22,25-26,28-30H2,1H3/q+1/b10-9-,27-21?. The first kappa shape index (κ1) is 29.5. The van der Waals surface area contributed by atoms with Crippen molar-refractivity contribution in [3.05, 3.63) is 60.3 Å². The van der Waals surface area contributed by atoms with Gasteiger partial charge >= 0.3 is 0 Å². The highest BCUT2D eigenvalue weighted by Crippen LogP contribution is 2.25. The first-order valence-electron chi connectivity index (χ1n) is 14.7. The molecule has 3 heteroatoms. The van der Waals surface area contributed by atoms with Gasteiger partial charge < -0.3 is 5.11 Å². The van der Waals surface area contributed by atoms with Gasteiger partial charge in [-0.05, 0) is 44.6 Å². The summed E-state index contributed by atoms with van der Waals surface area (Å²) in [5.74, 6) is 1.33. The molecule has 1 aromatic rings. The van der Waals surface area contributed by atoms with E-state index in [0.29, 0.717) is 0 Å². The molecule has 0 saturated heterocycles. The average molecular weight is 482 g/mol. The number of aliphatic hydroxyl groups excluding tert-OH is 1. The predicted molar refractivity (Wildman–Crippen MR) is 152 cm³/mol. The lowest BCUT2D eigenvalue weighted by Gasteiger charge is -2.31. The highest BCUT2D eigenvalue weighted by atomic mass is 16.2. The third kappa shape index (κ3) is 12.7. The fourth-order valence-corrected chi connectivity index (χ4v) is 5.10. The zero-order valence-corrected chi connectivity index (χ0v) is 22.7. The molecule has 3 nitrogen and oxygen atoms in total. The van der Waals surface area contributed by atoms with Crippen molar-refractivity contribution in [1.29, 1.82) is 0 Å². The molecular formula is C32H53N2O+. The number of aliphatic imine (C=N–C) groups is 1. The molecule has 1 unspecified atom stereocenters. The van der Waals surface area contributed by atoms with Crippen LogP contribution in [0.1, 0.15) is 115 Å². The van der Waals surface area contributed by atoms with Gasteiger partial charge in [0.15, 0.2) is 0 Å². The Morgan fingerprint density at radius 1 is 0.771 bits per heavy atom. The molecule has 1 aromatic carbocycles. The number of quaternary nitrogens is 1. The summed E-state index contributed by atoms with van der Waals surface area (Å²) in [6, 6.07) is 10.8. The van der Waals surface area contributed by atoms with Crippen molar-refractivity contribution in [3.63, 3.8) is 0 Å². The first-order valence-corrected chi connectivity index (χ1v) is 14.7. The van der Waals surface area contributed by atoms with E-state index >= 15 is 0 Å². The summed E-state index contributed by atoms with van der Waals surface area (Å²) in [4.78, 5) is 4.94. The van der Waals surface area contributed by atoms with Crippen molar-refractivity contribution in [3.8, 4) is 0 Å². The fourth-order valence-electron chi connectivity index (χ4n) is 5.10. The van der Waals surface area contributed by atoms with E-state index in [-0.39, 0.29) is 6.61 Å². The second-order valence-corrected chi connectivity index (χ2v) is 10.3. The van der Waals surface area contributed by atoms with Gasteiger partial charge in [-0.25, -0.2) is 9.48 Å². The number of rotatable bonds is 21. The van der Waals surface area contributed by atoms with Crippen LogP contribution in [0.15, 0.2) is 59.8 Å². The van der Waals surface area contributed by atoms with Gasteiger partial charge in [0.2, 0.25) is 5.84 Å². The van der Waals surface area contributed by atoms with E-state index in [4.69, 9.17) is 4.99 Å². The summed E-state index contributed by atoms with van der Waals surface area (Å²) in [5.41, 5.74) is 1.36. The lowest BCUT2D eigenvalue weighted by Crippen LogP contribution is -2.45. The normalized spacial score (nSPS) is 18.2. The number of aliphatic hydroxyl groups is 1. The number of allylic oxidation sites excluding steroid dienone is 2. The molecule has 1 N–H and O–H groups in total. The Bertz CT molecular complexity index is 724. The number of benzene rings is 1. The largest absolute Gasteiger partial charge is 0.396 e. The second kappa shape index (κ2) is 19.5. The van der Waals surface area contributed by atoms with Crippen molar-refractivity contribution in [2.75, 3.05) is 19.7 Å². The molecule has 196 valence electrons. The van der Waals surface area contributed by atoms with Gasteiger partial charge in [0.25, 0.3) is 0 Å². The zero-order chi connectivity index (χ0) is 24.9. The summed E-state index contributed by atoms with van der Waals surface area (Å²) >= 11 is 0. The van der Waals surface area contributed by atoms with E-state index in [9.17, 15) is 5.11 Å². The number of unbranched alkanes of at least 4 members (excludes halogenated alkanes) is 12. The van der Waals surface area contributed by atoms with Gasteiger partial charge in [-0.3, -0.25) is 0 Å². The van der Waals surface area contributed by atoms with Gasteiger partial charge in [0.1, 0.15) is 13.1 Å². The van der Waals surface area contributed by atoms with Crippen LogP contribution in [0.4, 0.5) is 0 Å². The van der Waals surface area contributed by atoms with Crippen LogP contribution in [0.5, 0.6) is 0 Å². The maximum Gasteiger partial charge on any atom is 0.203 e. The Morgan fingerprint density at radius 2 is 1.40 bits per heavy atom. The molecule has 0 bridgehead atoms. The van der Waals surface area contributed by atoms with Gasteiger partial charge in [-0.2, -0.15) is 0 Å². The van der Waals surface area contributed by atoms with Crippen LogP contribution in [0, 0.1) is 0 Å². The quantitative estimate of drug-likeness (QED) is 0.106. The lowest BCUT2D eigenvalue weighted by atomic mass is 10.1. The third-order valence-corrected chi connectivity index (χ3v) is 7.21. The Balaban J connectivity index is 1.58. The SMILES string of the molecule is CCCCCCCC/C=C\CCCCCCCCC1=NCC[N+]1(C=CCCO)Cc1ccccc1. The maximum atomic E-state index is 9.25. The molecular weight excluding hydrogens is 428 g/mol. The second-order valence-electron chi connectivity index (χ2n) is 10.3. The summed E-state index contributed by atoms with van der Waals surface area (Å²) in [5, 5.41) is 9.25. The van der Waals surface area contributed by atoms with E-state index in [2.05, 4.69) is 61.7 Å². The van der Waals surface area contributed by atoms with E-state index in [1.54, 1.807) is 0 Å². The molecule has 0 aliphatic carbocycles. The van der Waals surface area contributed by atoms with Crippen molar-refractivity contribution in [2.45, 2.75) is 116 Å². The van der Waals surface area contributed by atoms with Crippen LogP contribution in [-0.2, 0) is 6.54 Å². The van der Waals surface area contributed by atoms with Crippen LogP contribution in [-0.4, -0.2) is 35.1 Å². The Morgan fingerprint density at radius 3 is 2.06 bits per heavy atom. The van der Waals surface area contributed by atoms with Crippen LogP contribution in [0.3, 0.4) is 0 Å². The monoisotopic (exact) mass is 481 g/mol. The Kier molecular flexibility index (Phi) is 16.4. The summed E-state index contributed by atoms with van der Waals surface area (Å²) in [6.45, 7) is 5.42. The van der Waals surface area contributed by atoms with Gasteiger partial charge in [-0.15, -0.1) is 0 Å². The van der Waals surface area contributed by atoms with Crippen molar-refractivity contribution < 1.29 is 9.59 Å². The van der Waals surface area contributed by atoms with Crippen LogP contribution >= 0.6 is 0 Å². The molecule has 0 spiro atoms. The molecule has 1 atom stereocenters. The summed E-state index contributed by atoms with van der Waals surface area (Å²) < 4.78 is 0.842. The highest BCUT2D eigenvalue weighted by molar-refractivity contribution is 5.77. The minimum absolute atomic E-state index is 0.212. The summed E-state index contributed by atoms with van der Waals surface area (Å²) in [6.07, 6.45) is 29.9. The van der Waals surface area contributed by atoms with Gasteiger partial charge in [-0.1, -0.05) is 107 Å². The van der Waals surface area contributed by atoms with Crippen LogP contribution in [0.2, 0.25) is 0 Å². The average Bonchev–Trinajstić information content (AvgIpc) is 3.26. The number of nitrogens with zero attached hydrogens (tertiary/aromatic N) is 2. The molecule has 1 heterocycles. The third-order valence-electron chi connectivity index (χ3n) is 7.21. The van der Waals surface area contributed by atoms with E-state index in [0.717, 1.165) is 37.0 Å². The molecule has 2 rings (SSSR count). The van der Waals surface area contributed by atoms with Crippen molar-refractivity contribution in [2.24, 2.45) is 4.99 Å². The van der Waals surface area contributed by atoms with Crippen LogP contribution < -0.4 is 0 Å². The van der Waals surface area contributed by atoms with Crippen molar-refractivity contribution >= 4 is 5.84 Å². The molecule has 0 aromatic heterocycles. The number of hydrogen-bond donors (Lipinski definition) is 1. The Labute approximate surface area is 216 Å². The van der Waals surface area contributed by atoms with Gasteiger partial charge in [0, 0.05) is 18.6 Å². The van der Waals surface area contributed by atoms with E-state index in [1.807, 2.05) is 0 Å². The van der Waals surface area contributed by atoms with Gasteiger partial charge in [0.05, 0.1) is 12.7 Å². The topological polar surface area (TPSA) is 32.6 Å². The first-order chi connectivity index (χ1) is 17.3. The Hall–Kier alpha value is -1.71. The molecule has 35 heavy (non-hydrogen) atoms. The van der Waals surface area contributed by atoms with Crippen LogP contribution in [0.25, 0.3) is 0 Å². The molecule has 0 radical (unpaired) electrons. The fraction of sp³-hybridized carbons (Fsp3) is 0.656. The number of amidine groups is 1.